The lowest BCUT2D eigenvalue weighted by molar-refractivity contribution is 0.0510. The largest absolute Gasteiger partial charge is 0.444 e. The quantitative estimate of drug-likeness (QED) is 0.708. The van der Waals surface area contributed by atoms with Gasteiger partial charge in [-0.15, -0.1) is 0 Å². The van der Waals surface area contributed by atoms with Gasteiger partial charge in [0.15, 0.2) is 0 Å². The Balaban J connectivity index is 2.24. The molecule has 0 aromatic carbocycles. The number of alkyl carbamates (subject to hydrolysis) is 1. The van der Waals surface area contributed by atoms with E-state index in [2.05, 4.69) is 5.32 Å². The van der Waals surface area contributed by atoms with Crippen molar-refractivity contribution in [3.63, 3.8) is 0 Å². The molecule has 0 spiro atoms. The van der Waals surface area contributed by atoms with Crippen LogP contribution in [0.15, 0.2) is 0 Å². The van der Waals surface area contributed by atoms with Crippen LogP contribution >= 0.6 is 11.8 Å². The van der Waals surface area contributed by atoms with Crippen molar-refractivity contribution in [1.29, 1.82) is 0 Å². The number of hydrogen-bond donors (Lipinski definition) is 1. The molecule has 1 amide bonds. The first-order valence-corrected chi connectivity index (χ1v) is 5.70. The lowest BCUT2D eigenvalue weighted by Crippen LogP contribution is -2.39. The van der Waals surface area contributed by atoms with Gasteiger partial charge in [-0.25, -0.2) is 4.79 Å². The first-order chi connectivity index (χ1) is 5.97. The normalized spacial score (nSPS) is 22.8. The SMILES string of the molecule is CC(C)(C)OC(=O)NC1CCSC1. The predicted molar refractivity (Wildman–Crippen MR) is 55.1 cm³/mol. The van der Waals surface area contributed by atoms with Crippen molar-refractivity contribution in [2.75, 3.05) is 11.5 Å². The van der Waals surface area contributed by atoms with Crippen LogP contribution in [0.2, 0.25) is 0 Å². The van der Waals surface area contributed by atoms with Gasteiger partial charge >= 0.3 is 6.09 Å². The van der Waals surface area contributed by atoms with E-state index < -0.39 is 5.60 Å². The summed E-state index contributed by atoms with van der Waals surface area (Å²) in [4.78, 5) is 11.3. The van der Waals surface area contributed by atoms with Gasteiger partial charge in [0.1, 0.15) is 5.60 Å². The molecule has 1 N–H and O–H groups in total. The molecular weight excluding hydrogens is 186 g/mol. The van der Waals surface area contributed by atoms with Gasteiger partial charge in [0.2, 0.25) is 0 Å². The van der Waals surface area contributed by atoms with E-state index in [1.165, 1.54) is 0 Å². The van der Waals surface area contributed by atoms with E-state index in [1.54, 1.807) is 0 Å². The Labute approximate surface area is 83.6 Å². The van der Waals surface area contributed by atoms with Crippen molar-refractivity contribution >= 4 is 17.9 Å². The first-order valence-electron chi connectivity index (χ1n) is 4.54. The summed E-state index contributed by atoms with van der Waals surface area (Å²) in [7, 11) is 0. The Morgan fingerprint density at radius 1 is 1.54 bits per heavy atom. The fourth-order valence-electron chi connectivity index (χ4n) is 1.12. The van der Waals surface area contributed by atoms with Crippen molar-refractivity contribution < 1.29 is 9.53 Å². The molecule has 0 bridgehead atoms. The minimum atomic E-state index is -0.393. The third-order valence-corrected chi connectivity index (χ3v) is 2.81. The van der Waals surface area contributed by atoms with E-state index in [-0.39, 0.29) is 6.09 Å². The molecule has 0 aliphatic carbocycles. The zero-order chi connectivity index (χ0) is 9.90. The van der Waals surface area contributed by atoms with Gasteiger partial charge in [-0.1, -0.05) is 0 Å². The minimum Gasteiger partial charge on any atom is -0.444 e. The van der Waals surface area contributed by atoms with Gasteiger partial charge in [-0.05, 0) is 32.9 Å². The molecule has 1 atom stereocenters. The van der Waals surface area contributed by atoms with Crippen LogP contribution in [0, 0.1) is 0 Å². The summed E-state index contributed by atoms with van der Waals surface area (Å²) in [6.07, 6.45) is 0.768. The number of ether oxygens (including phenoxy) is 1. The average molecular weight is 203 g/mol. The molecule has 1 fully saturated rings. The maximum absolute atomic E-state index is 11.3. The molecule has 0 aromatic rings. The molecule has 0 saturated carbocycles. The third-order valence-electron chi connectivity index (χ3n) is 1.65. The van der Waals surface area contributed by atoms with Crippen LogP contribution in [0.3, 0.4) is 0 Å². The van der Waals surface area contributed by atoms with E-state index in [4.69, 9.17) is 4.74 Å². The van der Waals surface area contributed by atoms with Gasteiger partial charge in [-0.2, -0.15) is 11.8 Å². The molecule has 0 aromatic heterocycles. The lowest BCUT2D eigenvalue weighted by atomic mass is 10.2. The number of nitrogens with one attached hydrogen (secondary N) is 1. The molecule has 1 aliphatic rings. The maximum Gasteiger partial charge on any atom is 0.407 e. The van der Waals surface area contributed by atoms with Crippen molar-refractivity contribution in [1.82, 2.24) is 5.32 Å². The number of carbonyl (C=O) groups is 1. The molecule has 4 heteroatoms. The van der Waals surface area contributed by atoms with Crippen LogP contribution in [0.25, 0.3) is 0 Å². The lowest BCUT2D eigenvalue weighted by Gasteiger charge is -2.21. The van der Waals surface area contributed by atoms with E-state index in [0.29, 0.717) is 6.04 Å². The Kier molecular flexibility index (Phi) is 3.47. The summed E-state index contributed by atoms with van der Waals surface area (Å²) in [6.45, 7) is 5.61. The fourth-order valence-corrected chi connectivity index (χ4v) is 2.27. The number of amides is 1. The summed E-state index contributed by atoms with van der Waals surface area (Å²) in [5.41, 5.74) is -0.393. The molecule has 1 rings (SSSR count). The molecule has 1 unspecified atom stereocenters. The maximum atomic E-state index is 11.3. The van der Waals surface area contributed by atoms with Crippen LogP contribution in [0.1, 0.15) is 27.2 Å². The van der Waals surface area contributed by atoms with Gasteiger partial charge in [0.25, 0.3) is 0 Å². The molecule has 1 saturated heterocycles. The standard InChI is InChI=1S/C9H17NO2S/c1-9(2,3)12-8(11)10-7-4-5-13-6-7/h7H,4-6H2,1-3H3,(H,10,11). The highest BCUT2D eigenvalue weighted by atomic mass is 32.2. The highest BCUT2D eigenvalue weighted by Crippen LogP contribution is 2.17. The Morgan fingerprint density at radius 3 is 2.69 bits per heavy atom. The molecular formula is C9H17NO2S. The Bertz CT molecular complexity index is 183. The van der Waals surface area contributed by atoms with Crippen LogP contribution < -0.4 is 5.32 Å². The van der Waals surface area contributed by atoms with Crippen molar-refractivity contribution in [3.05, 3.63) is 0 Å². The van der Waals surface area contributed by atoms with Crippen LogP contribution in [-0.2, 0) is 4.74 Å². The second kappa shape index (κ2) is 4.22. The number of rotatable bonds is 1. The van der Waals surface area contributed by atoms with Gasteiger partial charge in [0, 0.05) is 11.8 Å². The topological polar surface area (TPSA) is 38.3 Å². The molecule has 1 heterocycles. The summed E-state index contributed by atoms with van der Waals surface area (Å²) in [5.74, 6) is 2.15. The van der Waals surface area contributed by atoms with E-state index in [9.17, 15) is 4.79 Å². The summed E-state index contributed by atoms with van der Waals surface area (Å²) >= 11 is 1.87. The molecule has 3 nitrogen and oxygen atoms in total. The zero-order valence-corrected chi connectivity index (χ0v) is 9.24. The Hall–Kier alpha value is -0.380. The average Bonchev–Trinajstić information content (AvgIpc) is 2.34. The number of thioether (sulfide) groups is 1. The zero-order valence-electron chi connectivity index (χ0n) is 8.42. The van der Waals surface area contributed by atoms with E-state index >= 15 is 0 Å². The number of hydrogen-bond acceptors (Lipinski definition) is 3. The van der Waals surface area contributed by atoms with E-state index in [0.717, 1.165) is 17.9 Å². The Morgan fingerprint density at radius 2 is 2.23 bits per heavy atom. The highest BCUT2D eigenvalue weighted by molar-refractivity contribution is 7.99. The number of carbonyl (C=O) groups excluding carboxylic acids is 1. The minimum absolute atomic E-state index is 0.292. The van der Waals surface area contributed by atoms with Crippen molar-refractivity contribution in [2.24, 2.45) is 0 Å². The molecule has 13 heavy (non-hydrogen) atoms. The molecule has 76 valence electrons. The summed E-state index contributed by atoms with van der Waals surface area (Å²) in [6, 6.07) is 0.305. The van der Waals surface area contributed by atoms with Crippen molar-refractivity contribution in [2.45, 2.75) is 38.8 Å². The van der Waals surface area contributed by atoms with Gasteiger partial charge < -0.3 is 10.1 Å². The third kappa shape index (κ3) is 4.41. The van der Waals surface area contributed by atoms with Crippen molar-refractivity contribution in [3.8, 4) is 0 Å². The summed E-state index contributed by atoms with van der Waals surface area (Å²) in [5, 5.41) is 2.85. The van der Waals surface area contributed by atoms with Crippen LogP contribution in [0.5, 0.6) is 0 Å². The molecule has 1 aliphatic heterocycles. The van der Waals surface area contributed by atoms with Gasteiger partial charge in [0.05, 0.1) is 0 Å². The fraction of sp³-hybridized carbons (Fsp3) is 0.889. The van der Waals surface area contributed by atoms with Crippen LogP contribution in [0.4, 0.5) is 4.79 Å². The summed E-state index contributed by atoms with van der Waals surface area (Å²) < 4.78 is 5.14. The second-order valence-corrected chi connectivity index (χ2v) is 5.36. The van der Waals surface area contributed by atoms with Gasteiger partial charge in [-0.3, -0.25) is 0 Å². The smallest absolute Gasteiger partial charge is 0.407 e. The monoisotopic (exact) mass is 203 g/mol. The van der Waals surface area contributed by atoms with Crippen LogP contribution in [-0.4, -0.2) is 29.2 Å². The van der Waals surface area contributed by atoms with E-state index in [1.807, 2.05) is 32.5 Å². The molecule has 0 radical (unpaired) electrons. The predicted octanol–water partition coefficient (Wildman–Crippen LogP) is 2.02. The second-order valence-electron chi connectivity index (χ2n) is 4.21. The first kappa shape index (κ1) is 10.7. The highest BCUT2D eigenvalue weighted by Gasteiger charge is 2.21.